The second kappa shape index (κ2) is 6.95. The molecule has 112 valence electrons. The normalized spacial score (nSPS) is 10.8. The van der Waals surface area contributed by atoms with Crippen LogP contribution in [0.25, 0.3) is 11.3 Å². The summed E-state index contributed by atoms with van der Waals surface area (Å²) in [6, 6.07) is 8.04. The summed E-state index contributed by atoms with van der Waals surface area (Å²) < 4.78 is 1.85. The van der Waals surface area contributed by atoms with Crippen LogP contribution in [0.15, 0.2) is 55.2 Å². The second-order valence-electron chi connectivity index (χ2n) is 5.21. The van der Waals surface area contributed by atoms with Crippen LogP contribution in [0.2, 0.25) is 0 Å². The molecule has 0 amide bonds. The molecule has 0 aliphatic heterocycles. The maximum absolute atomic E-state index is 4.54. The van der Waals surface area contributed by atoms with E-state index < -0.39 is 0 Å². The van der Waals surface area contributed by atoms with Crippen molar-refractivity contribution < 1.29 is 0 Å². The van der Waals surface area contributed by atoms with E-state index in [0.717, 1.165) is 30.8 Å². The molecule has 5 nitrogen and oxygen atoms in total. The maximum Gasteiger partial charge on any atom is 0.0983 e. The summed E-state index contributed by atoms with van der Waals surface area (Å²) in [7, 11) is 1.94. The van der Waals surface area contributed by atoms with E-state index in [1.165, 1.54) is 11.1 Å². The summed E-state index contributed by atoms with van der Waals surface area (Å²) in [4.78, 5) is 8.30. The Kier molecular flexibility index (Phi) is 4.56. The number of hydrogen-bond donors (Lipinski definition) is 1. The summed E-state index contributed by atoms with van der Waals surface area (Å²) in [5.41, 5.74) is 4.46. The lowest BCUT2D eigenvalue weighted by Crippen LogP contribution is -2.16. The monoisotopic (exact) mass is 293 g/mol. The molecule has 0 aromatic carbocycles. The summed E-state index contributed by atoms with van der Waals surface area (Å²) in [6.45, 7) is 1.70. The van der Waals surface area contributed by atoms with E-state index in [2.05, 4.69) is 32.6 Å². The first-order chi connectivity index (χ1) is 10.8. The highest BCUT2D eigenvalue weighted by Gasteiger charge is 2.09. The SMILES string of the molecule is Cn1cc(CNCCc2cccnc2)c(-c2cccnc2)n1. The Labute approximate surface area is 130 Å². The number of nitrogens with one attached hydrogen (secondary N) is 1. The predicted molar refractivity (Wildman–Crippen MR) is 86.1 cm³/mol. The first-order valence-corrected chi connectivity index (χ1v) is 7.35. The lowest BCUT2D eigenvalue weighted by Gasteiger charge is -2.05. The molecule has 3 aromatic rings. The average molecular weight is 293 g/mol. The summed E-state index contributed by atoms with van der Waals surface area (Å²) in [5, 5.41) is 8.02. The van der Waals surface area contributed by atoms with E-state index in [1.54, 1.807) is 12.4 Å². The maximum atomic E-state index is 4.54. The van der Waals surface area contributed by atoms with E-state index in [-0.39, 0.29) is 0 Å². The van der Waals surface area contributed by atoms with Gasteiger partial charge in [0.15, 0.2) is 0 Å². The highest BCUT2D eigenvalue weighted by molar-refractivity contribution is 5.61. The van der Waals surface area contributed by atoms with Gasteiger partial charge in [-0.3, -0.25) is 14.6 Å². The van der Waals surface area contributed by atoms with E-state index >= 15 is 0 Å². The van der Waals surface area contributed by atoms with Crippen molar-refractivity contribution in [1.82, 2.24) is 25.1 Å². The van der Waals surface area contributed by atoms with Crippen molar-refractivity contribution in [2.24, 2.45) is 7.05 Å². The molecule has 0 unspecified atom stereocenters. The standard InChI is InChI=1S/C17H19N5/c1-22-13-16(17(21-22)15-5-3-8-19-11-15)12-20-9-6-14-4-2-7-18-10-14/h2-5,7-8,10-11,13,20H,6,9,12H2,1H3. The fourth-order valence-electron chi connectivity index (χ4n) is 2.41. The number of rotatable bonds is 6. The molecule has 0 bridgehead atoms. The molecule has 3 aromatic heterocycles. The molecule has 1 N–H and O–H groups in total. The molecule has 3 heterocycles. The van der Waals surface area contributed by atoms with Crippen LogP contribution in [0.3, 0.4) is 0 Å². The van der Waals surface area contributed by atoms with Gasteiger partial charge in [0.05, 0.1) is 5.69 Å². The number of aryl methyl sites for hydroxylation is 1. The van der Waals surface area contributed by atoms with Gasteiger partial charge in [-0.15, -0.1) is 0 Å². The van der Waals surface area contributed by atoms with Crippen LogP contribution in [0, 0.1) is 0 Å². The first-order valence-electron chi connectivity index (χ1n) is 7.35. The summed E-state index contributed by atoms with van der Waals surface area (Å²) >= 11 is 0. The number of aromatic nitrogens is 4. The fraction of sp³-hybridized carbons (Fsp3) is 0.235. The largest absolute Gasteiger partial charge is 0.312 e. The minimum Gasteiger partial charge on any atom is -0.312 e. The third-order valence-electron chi connectivity index (χ3n) is 3.47. The van der Waals surface area contributed by atoms with Crippen molar-refractivity contribution in [1.29, 1.82) is 0 Å². The molecule has 0 spiro atoms. The van der Waals surface area contributed by atoms with Gasteiger partial charge in [-0.05, 0) is 36.7 Å². The van der Waals surface area contributed by atoms with Crippen LogP contribution in [0.5, 0.6) is 0 Å². The van der Waals surface area contributed by atoms with Crippen LogP contribution in [0.1, 0.15) is 11.1 Å². The van der Waals surface area contributed by atoms with Crippen molar-refractivity contribution in [2.45, 2.75) is 13.0 Å². The van der Waals surface area contributed by atoms with Crippen LogP contribution in [0.4, 0.5) is 0 Å². The molecule has 0 aliphatic rings. The third-order valence-corrected chi connectivity index (χ3v) is 3.47. The molecule has 0 atom stereocenters. The van der Waals surface area contributed by atoms with Crippen LogP contribution in [-0.2, 0) is 20.0 Å². The number of pyridine rings is 2. The Morgan fingerprint density at radius 1 is 1.09 bits per heavy atom. The number of hydrogen-bond acceptors (Lipinski definition) is 4. The molecule has 0 fully saturated rings. The minimum atomic E-state index is 0.790. The van der Waals surface area contributed by atoms with Gasteiger partial charge in [0.1, 0.15) is 0 Å². The molecule has 0 saturated carbocycles. The van der Waals surface area contributed by atoms with Gasteiger partial charge in [-0.25, -0.2) is 0 Å². The van der Waals surface area contributed by atoms with Crippen LogP contribution >= 0.6 is 0 Å². The minimum absolute atomic E-state index is 0.790. The highest BCUT2D eigenvalue weighted by Crippen LogP contribution is 2.20. The highest BCUT2D eigenvalue weighted by atomic mass is 15.3. The summed E-state index contributed by atoms with van der Waals surface area (Å²) in [5.74, 6) is 0. The van der Waals surface area contributed by atoms with Crippen molar-refractivity contribution in [3.63, 3.8) is 0 Å². The van der Waals surface area contributed by atoms with Gasteiger partial charge in [-0.2, -0.15) is 5.10 Å². The van der Waals surface area contributed by atoms with Crippen molar-refractivity contribution >= 4 is 0 Å². The molecule has 0 radical (unpaired) electrons. The predicted octanol–water partition coefficient (Wildman–Crippen LogP) is 2.21. The molecule has 3 rings (SSSR count). The lowest BCUT2D eigenvalue weighted by molar-refractivity contribution is 0.685. The Morgan fingerprint density at radius 3 is 2.64 bits per heavy atom. The zero-order valence-corrected chi connectivity index (χ0v) is 12.6. The number of nitrogens with zero attached hydrogens (tertiary/aromatic N) is 4. The average Bonchev–Trinajstić information content (AvgIpc) is 2.94. The third kappa shape index (κ3) is 3.56. The fourth-order valence-corrected chi connectivity index (χ4v) is 2.41. The van der Waals surface area contributed by atoms with Gasteiger partial charge >= 0.3 is 0 Å². The molecule has 0 saturated heterocycles. The zero-order valence-electron chi connectivity index (χ0n) is 12.6. The molecule has 5 heteroatoms. The first kappa shape index (κ1) is 14.4. The van der Waals surface area contributed by atoms with Crippen molar-refractivity contribution in [3.8, 4) is 11.3 Å². The smallest absolute Gasteiger partial charge is 0.0983 e. The van der Waals surface area contributed by atoms with E-state index in [9.17, 15) is 0 Å². The molecular formula is C17H19N5. The van der Waals surface area contributed by atoms with Crippen molar-refractivity contribution in [2.75, 3.05) is 6.54 Å². The Balaban J connectivity index is 1.61. The van der Waals surface area contributed by atoms with Crippen LogP contribution in [-0.4, -0.2) is 26.3 Å². The van der Waals surface area contributed by atoms with Gasteiger partial charge in [0.25, 0.3) is 0 Å². The Morgan fingerprint density at radius 2 is 1.91 bits per heavy atom. The second-order valence-corrected chi connectivity index (χ2v) is 5.21. The lowest BCUT2D eigenvalue weighted by atomic mass is 10.1. The van der Waals surface area contributed by atoms with E-state index in [0.29, 0.717) is 0 Å². The van der Waals surface area contributed by atoms with Gasteiger partial charge in [0, 0.05) is 55.7 Å². The molecule has 0 aliphatic carbocycles. The van der Waals surface area contributed by atoms with Crippen LogP contribution < -0.4 is 5.32 Å². The van der Waals surface area contributed by atoms with Gasteiger partial charge in [0.2, 0.25) is 0 Å². The zero-order chi connectivity index (χ0) is 15.2. The van der Waals surface area contributed by atoms with Crippen molar-refractivity contribution in [3.05, 3.63) is 66.4 Å². The molecule has 22 heavy (non-hydrogen) atoms. The van der Waals surface area contributed by atoms with E-state index in [1.807, 2.05) is 42.3 Å². The molecular weight excluding hydrogens is 274 g/mol. The quantitative estimate of drug-likeness (QED) is 0.708. The summed E-state index contributed by atoms with van der Waals surface area (Å²) in [6.07, 6.45) is 10.4. The van der Waals surface area contributed by atoms with E-state index in [4.69, 9.17) is 0 Å². The van der Waals surface area contributed by atoms with Gasteiger partial charge < -0.3 is 5.32 Å². The Bertz CT molecular complexity index is 706. The topological polar surface area (TPSA) is 55.6 Å². The van der Waals surface area contributed by atoms with Gasteiger partial charge in [-0.1, -0.05) is 6.07 Å². The Hall–Kier alpha value is -2.53.